The zero-order valence-electron chi connectivity index (χ0n) is 9.28. The summed E-state index contributed by atoms with van der Waals surface area (Å²) < 4.78 is 0. The molecule has 0 spiro atoms. The summed E-state index contributed by atoms with van der Waals surface area (Å²) in [5.41, 5.74) is 5.54. The number of hydrogen-bond donors (Lipinski definition) is 0. The van der Waals surface area contributed by atoms with Crippen molar-refractivity contribution in [3.63, 3.8) is 0 Å². The smallest absolute Gasteiger partial charge is 0.0450 e. The molecule has 76 valence electrons. The summed E-state index contributed by atoms with van der Waals surface area (Å²) in [6, 6.07) is 8.25. The maximum absolute atomic E-state index is 4.37. The van der Waals surface area contributed by atoms with E-state index in [2.05, 4.69) is 28.2 Å². The van der Waals surface area contributed by atoms with E-state index < -0.39 is 0 Å². The number of aromatic nitrogens is 2. The molecule has 2 aromatic rings. The van der Waals surface area contributed by atoms with Crippen molar-refractivity contribution in [2.45, 2.75) is 20.8 Å². The van der Waals surface area contributed by atoms with Crippen LogP contribution in [0.1, 0.15) is 17.1 Å². The third kappa shape index (κ3) is 2.04. The maximum atomic E-state index is 4.37. The highest BCUT2D eigenvalue weighted by Gasteiger charge is 2.03. The van der Waals surface area contributed by atoms with E-state index in [9.17, 15) is 0 Å². The second-order valence-electron chi connectivity index (χ2n) is 3.77. The van der Waals surface area contributed by atoms with Crippen LogP contribution in [0.4, 0.5) is 0 Å². The Kier molecular flexibility index (Phi) is 2.50. The molecule has 0 fully saturated rings. The number of rotatable bonds is 1. The van der Waals surface area contributed by atoms with E-state index in [-0.39, 0.29) is 0 Å². The zero-order chi connectivity index (χ0) is 10.8. The van der Waals surface area contributed by atoms with E-state index in [1.165, 1.54) is 11.1 Å². The van der Waals surface area contributed by atoms with Crippen LogP contribution >= 0.6 is 0 Å². The highest BCUT2D eigenvalue weighted by molar-refractivity contribution is 5.66. The monoisotopic (exact) mass is 198 g/mol. The Hall–Kier alpha value is -1.70. The second-order valence-corrected chi connectivity index (χ2v) is 3.77. The van der Waals surface area contributed by atoms with Crippen molar-refractivity contribution >= 4 is 0 Å². The Morgan fingerprint density at radius 1 is 1.00 bits per heavy atom. The van der Waals surface area contributed by atoms with Crippen molar-refractivity contribution in [3.8, 4) is 11.1 Å². The van der Waals surface area contributed by atoms with Crippen LogP contribution in [0.15, 0.2) is 30.5 Å². The minimum atomic E-state index is 1.05. The number of hydrogen-bond acceptors (Lipinski definition) is 2. The van der Waals surface area contributed by atoms with Gasteiger partial charge in [-0.2, -0.15) is 0 Å². The fourth-order valence-electron chi connectivity index (χ4n) is 1.78. The lowest BCUT2D eigenvalue weighted by atomic mass is 10.0. The molecule has 0 N–H and O–H groups in total. The van der Waals surface area contributed by atoms with Crippen LogP contribution in [-0.4, -0.2) is 9.97 Å². The Bertz CT molecular complexity index is 469. The molecule has 2 aromatic heterocycles. The summed E-state index contributed by atoms with van der Waals surface area (Å²) in [5.74, 6) is 0. The molecule has 0 saturated heterocycles. The largest absolute Gasteiger partial charge is 0.261 e. The topological polar surface area (TPSA) is 25.8 Å². The highest BCUT2D eigenvalue weighted by atomic mass is 14.7. The summed E-state index contributed by atoms with van der Waals surface area (Å²) in [5, 5.41) is 0. The summed E-state index contributed by atoms with van der Waals surface area (Å²) in [4.78, 5) is 8.66. The predicted molar refractivity (Wildman–Crippen MR) is 61.7 cm³/mol. The van der Waals surface area contributed by atoms with Crippen molar-refractivity contribution in [2.24, 2.45) is 0 Å². The van der Waals surface area contributed by atoms with Crippen molar-refractivity contribution in [3.05, 3.63) is 47.5 Å². The first-order valence-corrected chi connectivity index (χ1v) is 5.04. The molecule has 0 unspecified atom stereocenters. The number of aryl methyl sites for hydroxylation is 3. The molecule has 0 aliphatic heterocycles. The van der Waals surface area contributed by atoms with Crippen LogP contribution in [0.5, 0.6) is 0 Å². The molecule has 0 saturated carbocycles. The quantitative estimate of drug-likeness (QED) is 0.703. The minimum Gasteiger partial charge on any atom is -0.261 e. The van der Waals surface area contributed by atoms with E-state index in [1.54, 1.807) is 0 Å². The van der Waals surface area contributed by atoms with Crippen LogP contribution in [0.2, 0.25) is 0 Å². The van der Waals surface area contributed by atoms with Gasteiger partial charge in [-0.3, -0.25) is 9.97 Å². The fraction of sp³-hybridized carbons (Fsp3) is 0.231. The van der Waals surface area contributed by atoms with Crippen molar-refractivity contribution in [1.82, 2.24) is 9.97 Å². The van der Waals surface area contributed by atoms with Crippen LogP contribution in [-0.2, 0) is 0 Å². The third-order valence-electron chi connectivity index (χ3n) is 2.40. The van der Waals surface area contributed by atoms with Crippen molar-refractivity contribution in [2.75, 3.05) is 0 Å². The molecule has 0 radical (unpaired) electrons. The van der Waals surface area contributed by atoms with Gasteiger partial charge in [-0.25, -0.2) is 0 Å². The Morgan fingerprint density at radius 3 is 2.27 bits per heavy atom. The van der Waals surface area contributed by atoms with Crippen LogP contribution < -0.4 is 0 Å². The first-order chi connectivity index (χ1) is 7.16. The van der Waals surface area contributed by atoms with Gasteiger partial charge in [0.1, 0.15) is 0 Å². The molecule has 2 heteroatoms. The summed E-state index contributed by atoms with van der Waals surface area (Å²) in [6.07, 6.45) is 1.82. The lowest BCUT2D eigenvalue weighted by molar-refractivity contribution is 1.12. The molecule has 2 rings (SSSR count). The fourth-order valence-corrected chi connectivity index (χ4v) is 1.78. The van der Waals surface area contributed by atoms with E-state index in [1.807, 2.05) is 33.0 Å². The van der Waals surface area contributed by atoms with Crippen molar-refractivity contribution < 1.29 is 0 Å². The second kappa shape index (κ2) is 3.81. The lowest BCUT2D eigenvalue weighted by Crippen LogP contribution is -1.91. The van der Waals surface area contributed by atoms with E-state index in [4.69, 9.17) is 0 Å². The summed E-state index contributed by atoms with van der Waals surface area (Å²) in [7, 11) is 0. The average Bonchev–Trinajstić information content (AvgIpc) is 2.16. The lowest BCUT2D eigenvalue weighted by Gasteiger charge is -2.06. The van der Waals surface area contributed by atoms with Gasteiger partial charge in [0.2, 0.25) is 0 Å². The van der Waals surface area contributed by atoms with E-state index in [0.717, 1.165) is 17.1 Å². The average molecular weight is 198 g/mol. The number of nitrogens with zero attached hydrogens (tertiary/aromatic N) is 2. The predicted octanol–water partition coefficient (Wildman–Crippen LogP) is 3.07. The Balaban J connectivity index is 2.59. The Labute approximate surface area is 90.0 Å². The highest BCUT2D eigenvalue weighted by Crippen LogP contribution is 2.22. The van der Waals surface area contributed by atoms with Crippen LogP contribution in [0.25, 0.3) is 11.1 Å². The van der Waals surface area contributed by atoms with Gasteiger partial charge < -0.3 is 0 Å². The molecule has 0 amide bonds. The zero-order valence-corrected chi connectivity index (χ0v) is 9.28. The van der Waals surface area contributed by atoms with Gasteiger partial charge in [0.25, 0.3) is 0 Å². The SMILES string of the molecule is Cc1cc(-c2cccnc2C)cc(C)n1. The van der Waals surface area contributed by atoms with Gasteiger partial charge in [0.15, 0.2) is 0 Å². The molecular weight excluding hydrogens is 184 g/mol. The Morgan fingerprint density at radius 2 is 1.67 bits per heavy atom. The molecule has 2 nitrogen and oxygen atoms in total. The standard InChI is InChI=1S/C13H14N2/c1-9-7-12(8-10(2)15-9)13-5-4-6-14-11(13)3/h4-8H,1-3H3. The summed E-state index contributed by atoms with van der Waals surface area (Å²) >= 11 is 0. The molecule has 15 heavy (non-hydrogen) atoms. The molecule has 0 atom stereocenters. The first-order valence-electron chi connectivity index (χ1n) is 5.04. The van der Waals surface area contributed by atoms with Crippen molar-refractivity contribution in [1.29, 1.82) is 0 Å². The van der Waals surface area contributed by atoms with Gasteiger partial charge >= 0.3 is 0 Å². The minimum absolute atomic E-state index is 1.05. The van der Waals surface area contributed by atoms with Gasteiger partial charge in [0.05, 0.1) is 0 Å². The van der Waals surface area contributed by atoms with E-state index in [0.29, 0.717) is 0 Å². The van der Waals surface area contributed by atoms with Gasteiger partial charge in [-0.05, 0) is 44.5 Å². The van der Waals surface area contributed by atoms with Gasteiger partial charge in [-0.15, -0.1) is 0 Å². The molecule has 0 aromatic carbocycles. The normalized spacial score (nSPS) is 10.3. The molecule has 0 aliphatic rings. The molecular formula is C13H14N2. The number of pyridine rings is 2. The van der Waals surface area contributed by atoms with Crippen LogP contribution in [0, 0.1) is 20.8 Å². The van der Waals surface area contributed by atoms with Gasteiger partial charge in [-0.1, -0.05) is 6.07 Å². The molecule has 0 bridgehead atoms. The third-order valence-corrected chi connectivity index (χ3v) is 2.40. The van der Waals surface area contributed by atoms with Crippen LogP contribution in [0.3, 0.4) is 0 Å². The summed E-state index contributed by atoms with van der Waals surface area (Å²) in [6.45, 7) is 6.06. The first kappa shape index (κ1) is 9.84. The maximum Gasteiger partial charge on any atom is 0.0450 e. The van der Waals surface area contributed by atoms with Gasteiger partial charge in [0, 0.05) is 28.8 Å². The van der Waals surface area contributed by atoms with E-state index >= 15 is 0 Å². The molecule has 0 aliphatic carbocycles. The molecule has 2 heterocycles.